The molecule has 0 aliphatic rings. The first kappa shape index (κ1) is 21.0. The number of para-hydroxylation sites is 1. The van der Waals surface area contributed by atoms with Gasteiger partial charge in [0, 0.05) is 10.7 Å². The second-order valence-corrected chi connectivity index (χ2v) is 7.57. The van der Waals surface area contributed by atoms with Crippen molar-refractivity contribution in [3.05, 3.63) is 64.2 Å². The van der Waals surface area contributed by atoms with Crippen LogP contribution in [0.15, 0.2) is 42.5 Å². The fraction of sp³-hybridized carbons (Fsp3) is 0.364. The number of esters is 1. The van der Waals surface area contributed by atoms with Gasteiger partial charge in [-0.3, -0.25) is 9.59 Å². The summed E-state index contributed by atoms with van der Waals surface area (Å²) in [5.74, 6) is -0.249. The van der Waals surface area contributed by atoms with Crippen molar-refractivity contribution >= 4 is 29.2 Å². The normalized spacial score (nSPS) is 10.9. The highest BCUT2D eigenvalue weighted by Gasteiger charge is 2.17. The van der Waals surface area contributed by atoms with Gasteiger partial charge in [0.25, 0.3) is 5.91 Å². The van der Waals surface area contributed by atoms with Crippen LogP contribution in [-0.2, 0) is 20.7 Å². The van der Waals surface area contributed by atoms with Crippen LogP contribution in [0, 0.1) is 0 Å². The Labute approximate surface area is 165 Å². The number of benzene rings is 2. The number of carbonyl (C=O) groups excluding carboxylic acids is 2. The predicted molar refractivity (Wildman–Crippen MR) is 109 cm³/mol. The van der Waals surface area contributed by atoms with E-state index in [1.54, 1.807) is 24.3 Å². The molecule has 0 unspecified atom stereocenters. The minimum Gasteiger partial charge on any atom is -0.455 e. The summed E-state index contributed by atoms with van der Waals surface area (Å²) >= 11 is 5.83. The Balaban J connectivity index is 1.99. The molecule has 27 heavy (non-hydrogen) atoms. The number of hydrogen-bond acceptors (Lipinski definition) is 3. The van der Waals surface area contributed by atoms with Crippen molar-refractivity contribution in [1.29, 1.82) is 0 Å². The molecular formula is C22H26ClNO3. The number of rotatable bonds is 7. The van der Waals surface area contributed by atoms with E-state index >= 15 is 0 Å². The molecular weight excluding hydrogens is 362 g/mol. The second kappa shape index (κ2) is 9.56. The van der Waals surface area contributed by atoms with Gasteiger partial charge in [-0.25, -0.2) is 0 Å². The summed E-state index contributed by atoms with van der Waals surface area (Å²) in [6.45, 7) is 8.03. The maximum atomic E-state index is 12.4. The molecule has 144 valence electrons. The molecule has 1 amide bonds. The quantitative estimate of drug-likeness (QED) is 0.655. The zero-order valence-corrected chi connectivity index (χ0v) is 17.0. The van der Waals surface area contributed by atoms with Crippen LogP contribution in [0.1, 0.15) is 56.2 Å². The minimum absolute atomic E-state index is 0.101. The number of anilines is 1. The molecule has 0 fully saturated rings. The van der Waals surface area contributed by atoms with E-state index in [0.29, 0.717) is 5.02 Å². The molecule has 2 aromatic carbocycles. The van der Waals surface area contributed by atoms with Gasteiger partial charge in [-0.15, -0.1) is 0 Å². The molecule has 0 saturated carbocycles. The van der Waals surface area contributed by atoms with E-state index in [-0.39, 0.29) is 30.8 Å². The Morgan fingerprint density at radius 2 is 1.52 bits per heavy atom. The van der Waals surface area contributed by atoms with Crippen LogP contribution in [0.3, 0.4) is 0 Å². The van der Waals surface area contributed by atoms with Crippen LogP contribution in [-0.4, -0.2) is 18.5 Å². The number of amides is 1. The van der Waals surface area contributed by atoms with Gasteiger partial charge in [0.2, 0.25) is 0 Å². The summed E-state index contributed by atoms with van der Waals surface area (Å²) in [4.78, 5) is 24.3. The minimum atomic E-state index is -0.450. The molecule has 0 aromatic heterocycles. The zero-order valence-electron chi connectivity index (χ0n) is 16.2. The maximum Gasteiger partial charge on any atom is 0.310 e. The van der Waals surface area contributed by atoms with Crippen molar-refractivity contribution in [2.24, 2.45) is 0 Å². The molecule has 0 bridgehead atoms. The van der Waals surface area contributed by atoms with E-state index in [4.69, 9.17) is 16.3 Å². The van der Waals surface area contributed by atoms with Gasteiger partial charge >= 0.3 is 5.97 Å². The molecule has 0 heterocycles. The first-order valence-corrected chi connectivity index (χ1v) is 9.48. The average Bonchev–Trinajstić information content (AvgIpc) is 2.61. The van der Waals surface area contributed by atoms with Gasteiger partial charge < -0.3 is 10.1 Å². The number of ether oxygens (including phenoxy) is 1. The number of hydrogen-bond donors (Lipinski definition) is 1. The van der Waals surface area contributed by atoms with Crippen molar-refractivity contribution in [3.8, 4) is 0 Å². The van der Waals surface area contributed by atoms with E-state index in [9.17, 15) is 9.59 Å². The van der Waals surface area contributed by atoms with Crippen LogP contribution in [0.25, 0.3) is 0 Å². The lowest BCUT2D eigenvalue weighted by Crippen LogP contribution is -2.23. The van der Waals surface area contributed by atoms with E-state index in [1.165, 1.54) is 0 Å². The van der Waals surface area contributed by atoms with Crippen LogP contribution in [0.5, 0.6) is 0 Å². The van der Waals surface area contributed by atoms with Crippen molar-refractivity contribution in [2.75, 3.05) is 11.9 Å². The molecule has 0 atom stereocenters. The molecule has 0 spiro atoms. The van der Waals surface area contributed by atoms with Gasteiger partial charge in [0.1, 0.15) is 0 Å². The van der Waals surface area contributed by atoms with Crippen LogP contribution in [0.2, 0.25) is 5.02 Å². The van der Waals surface area contributed by atoms with Crippen molar-refractivity contribution in [3.63, 3.8) is 0 Å². The maximum absolute atomic E-state index is 12.4. The lowest BCUT2D eigenvalue weighted by Gasteiger charge is -2.20. The van der Waals surface area contributed by atoms with Crippen LogP contribution >= 0.6 is 11.6 Å². The first-order chi connectivity index (χ1) is 12.8. The van der Waals surface area contributed by atoms with Crippen molar-refractivity contribution in [2.45, 2.75) is 46.0 Å². The third-order valence-corrected chi connectivity index (χ3v) is 4.52. The summed E-state index contributed by atoms with van der Waals surface area (Å²) in [7, 11) is 0. The third-order valence-electron chi connectivity index (χ3n) is 4.26. The highest BCUT2D eigenvalue weighted by molar-refractivity contribution is 6.30. The Bertz CT molecular complexity index is 771. The molecule has 1 N–H and O–H groups in total. The van der Waals surface area contributed by atoms with Gasteiger partial charge in [-0.05, 0) is 40.7 Å². The van der Waals surface area contributed by atoms with Crippen LogP contribution < -0.4 is 5.32 Å². The molecule has 0 saturated heterocycles. The fourth-order valence-electron chi connectivity index (χ4n) is 2.84. The van der Waals surface area contributed by atoms with E-state index in [2.05, 4.69) is 33.0 Å². The Kier molecular flexibility index (Phi) is 7.43. The molecule has 0 aliphatic heterocycles. The summed E-state index contributed by atoms with van der Waals surface area (Å²) in [6, 6.07) is 13.0. The Hall–Kier alpha value is -2.33. The van der Waals surface area contributed by atoms with Crippen molar-refractivity contribution in [1.82, 2.24) is 0 Å². The fourth-order valence-corrected chi connectivity index (χ4v) is 2.96. The molecule has 0 radical (unpaired) electrons. The topological polar surface area (TPSA) is 55.4 Å². The number of carbonyl (C=O) groups is 2. The predicted octanol–water partition coefficient (Wildman–Crippen LogP) is 5.31. The highest BCUT2D eigenvalue weighted by Crippen LogP contribution is 2.32. The monoisotopic (exact) mass is 387 g/mol. The molecule has 2 rings (SSSR count). The van der Waals surface area contributed by atoms with E-state index in [0.717, 1.165) is 22.4 Å². The third kappa shape index (κ3) is 6.10. The van der Waals surface area contributed by atoms with Gasteiger partial charge in [-0.2, -0.15) is 0 Å². The molecule has 2 aromatic rings. The number of halogens is 1. The first-order valence-electron chi connectivity index (χ1n) is 9.10. The Morgan fingerprint density at radius 3 is 2.04 bits per heavy atom. The second-order valence-electron chi connectivity index (χ2n) is 7.13. The van der Waals surface area contributed by atoms with Gasteiger partial charge in [-0.1, -0.05) is 69.6 Å². The number of nitrogens with one attached hydrogen (secondary N) is 1. The molecule has 5 heteroatoms. The smallest absolute Gasteiger partial charge is 0.310 e. The SMILES string of the molecule is CC(C)c1cccc(C(C)C)c1NC(=O)COC(=O)Cc1ccc(Cl)cc1. The van der Waals surface area contributed by atoms with Crippen LogP contribution in [0.4, 0.5) is 5.69 Å². The van der Waals surface area contributed by atoms with Gasteiger partial charge in [0.05, 0.1) is 6.42 Å². The Morgan fingerprint density at radius 1 is 0.963 bits per heavy atom. The standard InChI is InChI=1S/C22H26ClNO3/c1-14(2)18-6-5-7-19(15(3)4)22(18)24-20(25)13-27-21(26)12-16-8-10-17(23)11-9-16/h5-11,14-15H,12-13H2,1-4H3,(H,24,25). The average molecular weight is 388 g/mol. The zero-order chi connectivity index (χ0) is 20.0. The van der Waals surface area contributed by atoms with Gasteiger partial charge in [0.15, 0.2) is 6.61 Å². The molecule has 4 nitrogen and oxygen atoms in total. The summed E-state index contributed by atoms with van der Waals surface area (Å²) < 4.78 is 5.13. The largest absolute Gasteiger partial charge is 0.455 e. The lowest BCUT2D eigenvalue weighted by molar-refractivity contribution is -0.146. The summed E-state index contributed by atoms with van der Waals surface area (Å²) in [5, 5.41) is 3.54. The van der Waals surface area contributed by atoms with E-state index in [1.807, 2.05) is 18.2 Å². The van der Waals surface area contributed by atoms with Crippen molar-refractivity contribution < 1.29 is 14.3 Å². The van der Waals surface area contributed by atoms with E-state index < -0.39 is 5.97 Å². The molecule has 0 aliphatic carbocycles. The summed E-state index contributed by atoms with van der Waals surface area (Å²) in [5.41, 5.74) is 3.75. The highest BCUT2D eigenvalue weighted by atomic mass is 35.5. The lowest BCUT2D eigenvalue weighted by atomic mass is 9.92. The summed E-state index contributed by atoms with van der Waals surface area (Å²) in [6.07, 6.45) is 0.101.